The topological polar surface area (TPSA) is 77.6 Å². The third-order valence-corrected chi connectivity index (χ3v) is 9.12. The van der Waals surface area contributed by atoms with Crippen molar-refractivity contribution in [1.29, 1.82) is 0 Å². The molecule has 0 atom stereocenters. The fourth-order valence-electron chi connectivity index (χ4n) is 6.70. The molecule has 0 aliphatic carbocycles. The summed E-state index contributed by atoms with van der Waals surface area (Å²) in [5.74, 6) is 0.663. The summed E-state index contributed by atoms with van der Waals surface area (Å²) in [6, 6.07) is 49.2. The Bertz CT molecular complexity index is 2900. The predicted octanol–water partition coefficient (Wildman–Crippen LogP) is 10.7. The second kappa shape index (κ2) is 10.9. The zero-order valence-electron chi connectivity index (χ0n) is 26.1. The molecule has 10 aromatic rings. The first kappa shape index (κ1) is 27.3. The van der Waals surface area contributed by atoms with Crippen LogP contribution in [0.15, 0.2) is 156 Å². The van der Waals surface area contributed by atoms with E-state index in [2.05, 4.69) is 77.8 Å². The summed E-state index contributed by atoms with van der Waals surface area (Å²) in [4.78, 5) is 24.9. The average Bonchev–Trinajstić information content (AvgIpc) is 3.55. The number of furan rings is 1. The molecule has 5 heterocycles. The number of rotatable bonds is 4. The Labute approximate surface area is 280 Å². The minimum absolute atomic E-state index is 0.663. The van der Waals surface area contributed by atoms with Crippen molar-refractivity contribution in [3.63, 3.8) is 0 Å². The lowest BCUT2D eigenvalue weighted by Crippen LogP contribution is -1.96. The second-order valence-electron chi connectivity index (χ2n) is 12.1. The van der Waals surface area contributed by atoms with Gasteiger partial charge in [0.2, 0.25) is 0 Å². The highest BCUT2D eigenvalue weighted by Gasteiger charge is 2.15. The summed E-state index contributed by atoms with van der Waals surface area (Å²) in [6.07, 6.45) is 1.79. The molecule has 0 bridgehead atoms. The Hall–Kier alpha value is -6.79. The Balaban J connectivity index is 1.11. The van der Waals surface area contributed by atoms with Crippen LogP contribution in [0.5, 0.6) is 0 Å². The van der Waals surface area contributed by atoms with Crippen molar-refractivity contribution in [1.82, 2.24) is 24.9 Å². The van der Waals surface area contributed by atoms with Crippen molar-refractivity contribution in [3.8, 4) is 45.3 Å². The maximum atomic E-state index is 6.08. The standard InChI is InChI=1S/C43H25N5O/c1-3-12-35-32(11-1)40(48-43(47-35)30-19-22-39-33(25-30)31-10-2-4-14-38(31)49-39)29-9-7-8-28(24-29)34-20-17-26-15-16-27-18-21-37(36-13-5-6-23-44-36)46-42(27)41(26)45-34/h1-25H. The molecule has 5 aromatic carbocycles. The van der Waals surface area contributed by atoms with E-state index >= 15 is 0 Å². The lowest BCUT2D eigenvalue weighted by molar-refractivity contribution is 0.669. The van der Waals surface area contributed by atoms with Gasteiger partial charge in [-0.25, -0.2) is 19.9 Å². The van der Waals surface area contributed by atoms with Crippen molar-refractivity contribution in [2.75, 3.05) is 0 Å². The maximum absolute atomic E-state index is 6.08. The SMILES string of the molecule is c1ccc(-c2ccc3ccc4ccc(-c5cccc(-c6nc(-c7ccc8oc9ccccc9c8c7)nc7ccccc67)c5)nc4c3n2)nc1. The van der Waals surface area contributed by atoms with E-state index in [0.29, 0.717) is 5.82 Å². The number of fused-ring (bicyclic) bond motifs is 7. The summed E-state index contributed by atoms with van der Waals surface area (Å²) in [5, 5.41) is 5.18. The van der Waals surface area contributed by atoms with Crippen LogP contribution >= 0.6 is 0 Å². The average molecular weight is 628 g/mol. The van der Waals surface area contributed by atoms with Crippen molar-refractivity contribution in [3.05, 3.63) is 152 Å². The van der Waals surface area contributed by atoms with E-state index in [1.807, 2.05) is 72.8 Å². The molecular formula is C43H25N5O. The largest absolute Gasteiger partial charge is 0.456 e. The van der Waals surface area contributed by atoms with E-state index in [1.165, 1.54) is 0 Å². The zero-order valence-corrected chi connectivity index (χ0v) is 26.1. The fraction of sp³-hybridized carbons (Fsp3) is 0. The Morgan fingerprint density at radius 3 is 1.98 bits per heavy atom. The molecule has 6 heteroatoms. The number of hydrogen-bond donors (Lipinski definition) is 0. The Morgan fingerprint density at radius 2 is 1.12 bits per heavy atom. The molecule has 0 N–H and O–H groups in total. The molecule has 0 fully saturated rings. The number of pyridine rings is 3. The number of benzene rings is 5. The van der Waals surface area contributed by atoms with Gasteiger partial charge in [0.05, 0.1) is 39.3 Å². The Kier molecular flexibility index (Phi) is 6.08. The highest BCUT2D eigenvalue weighted by molar-refractivity contribution is 6.07. The van der Waals surface area contributed by atoms with Gasteiger partial charge in [-0.3, -0.25) is 4.98 Å². The van der Waals surface area contributed by atoms with E-state index in [9.17, 15) is 0 Å². The van der Waals surface area contributed by atoms with Gasteiger partial charge < -0.3 is 4.42 Å². The van der Waals surface area contributed by atoms with Crippen LogP contribution < -0.4 is 0 Å². The molecule has 0 saturated heterocycles. The monoisotopic (exact) mass is 627 g/mol. The predicted molar refractivity (Wildman–Crippen MR) is 197 cm³/mol. The summed E-state index contributed by atoms with van der Waals surface area (Å²) < 4.78 is 6.08. The van der Waals surface area contributed by atoms with Gasteiger partial charge in [-0.1, -0.05) is 84.9 Å². The molecule has 49 heavy (non-hydrogen) atoms. The van der Waals surface area contributed by atoms with E-state index in [-0.39, 0.29) is 0 Å². The van der Waals surface area contributed by atoms with Crippen LogP contribution in [0.1, 0.15) is 0 Å². The quantitative estimate of drug-likeness (QED) is 0.181. The van der Waals surface area contributed by atoms with Crippen LogP contribution in [0.2, 0.25) is 0 Å². The second-order valence-corrected chi connectivity index (χ2v) is 12.1. The number of hydrogen-bond acceptors (Lipinski definition) is 6. The van der Waals surface area contributed by atoms with Crippen LogP contribution in [0, 0.1) is 0 Å². The summed E-state index contributed by atoms with van der Waals surface area (Å²) in [6.45, 7) is 0. The van der Waals surface area contributed by atoms with Gasteiger partial charge in [-0.2, -0.15) is 0 Å². The van der Waals surface area contributed by atoms with E-state index in [0.717, 1.165) is 94.1 Å². The van der Waals surface area contributed by atoms with Crippen LogP contribution in [-0.4, -0.2) is 24.9 Å². The lowest BCUT2D eigenvalue weighted by atomic mass is 10.0. The van der Waals surface area contributed by atoms with Gasteiger partial charge >= 0.3 is 0 Å². The molecule has 0 unspecified atom stereocenters. The van der Waals surface area contributed by atoms with E-state index in [1.54, 1.807) is 6.20 Å². The van der Waals surface area contributed by atoms with Gasteiger partial charge in [-0.15, -0.1) is 0 Å². The maximum Gasteiger partial charge on any atom is 0.160 e. The number of para-hydroxylation sites is 2. The lowest BCUT2D eigenvalue weighted by Gasteiger charge is -2.11. The highest BCUT2D eigenvalue weighted by atomic mass is 16.3. The molecule has 0 aliphatic rings. The first-order chi connectivity index (χ1) is 24.2. The van der Waals surface area contributed by atoms with Crippen LogP contribution in [-0.2, 0) is 0 Å². The molecule has 0 spiro atoms. The van der Waals surface area contributed by atoms with Gasteiger partial charge in [0.1, 0.15) is 11.2 Å². The summed E-state index contributed by atoms with van der Waals surface area (Å²) in [5.41, 5.74) is 10.6. The highest BCUT2D eigenvalue weighted by Crippen LogP contribution is 2.35. The molecule has 228 valence electrons. The number of nitrogens with zero attached hydrogens (tertiary/aromatic N) is 5. The summed E-state index contributed by atoms with van der Waals surface area (Å²) in [7, 11) is 0. The zero-order chi connectivity index (χ0) is 32.3. The first-order valence-electron chi connectivity index (χ1n) is 16.2. The molecule has 5 aromatic heterocycles. The molecule has 0 saturated carbocycles. The molecule has 6 nitrogen and oxygen atoms in total. The van der Waals surface area contributed by atoms with Gasteiger partial charge in [-0.05, 0) is 60.7 Å². The first-order valence-corrected chi connectivity index (χ1v) is 16.2. The molecular weight excluding hydrogens is 603 g/mol. The van der Waals surface area contributed by atoms with Crippen LogP contribution in [0.4, 0.5) is 0 Å². The molecule has 0 aliphatic heterocycles. The third-order valence-electron chi connectivity index (χ3n) is 9.12. The third kappa shape index (κ3) is 4.61. The van der Waals surface area contributed by atoms with E-state index in [4.69, 9.17) is 24.4 Å². The minimum atomic E-state index is 0.663. The van der Waals surface area contributed by atoms with Crippen LogP contribution in [0.3, 0.4) is 0 Å². The Morgan fingerprint density at radius 1 is 0.408 bits per heavy atom. The van der Waals surface area contributed by atoms with Crippen molar-refractivity contribution in [2.45, 2.75) is 0 Å². The van der Waals surface area contributed by atoms with Gasteiger partial charge in [0.15, 0.2) is 5.82 Å². The summed E-state index contributed by atoms with van der Waals surface area (Å²) >= 11 is 0. The number of aromatic nitrogens is 5. The van der Waals surface area contributed by atoms with Crippen molar-refractivity contribution >= 4 is 54.6 Å². The van der Waals surface area contributed by atoms with Crippen molar-refractivity contribution < 1.29 is 4.42 Å². The van der Waals surface area contributed by atoms with Crippen molar-refractivity contribution in [2.24, 2.45) is 0 Å². The fourth-order valence-corrected chi connectivity index (χ4v) is 6.70. The van der Waals surface area contributed by atoms with E-state index < -0.39 is 0 Å². The normalized spacial score (nSPS) is 11.7. The molecule has 0 amide bonds. The molecule has 10 rings (SSSR count). The smallest absolute Gasteiger partial charge is 0.160 e. The minimum Gasteiger partial charge on any atom is -0.456 e. The van der Waals surface area contributed by atoms with Gasteiger partial charge in [0, 0.05) is 49.8 Å². The van der Waals surface area contributed by atoms with Crippen LogP contribution in [0.25, 0.3) is 99.9 Å². The van der Waals surface area contributed by atoms with Gasteiger partial charge in [0.25, 0.3) is 0 Å². The molecule has 0 radical (unpaired) electrons.